The van der Waals surface area contributed by atoms with Crippen LogP contribution in [0.1, 0.15) is 22.3 Å². The Morgan fingerprint density at radius 2 is 0.578 bits per heavy atom. The molecule has 0 aromatic heterocycles. The van der Waals surface area contributed by atoms with Crippen LogP contribution in [0.15, 0.2) is 146 Å². The molecule has 230 valence electrons. The Morgan fingerprint density at radius 1 is 0.356 bits per heavy atom. The van der Waals surface area contributed by atoms with Crippen LogP contribution < -0.4 is 31.8 Å². The zero-order valence-electron chi connectivity index (χ0n) is 25.8. The van der Waals surface area contributed by atoms with Gasteiger partial charge in [-0.3, -0.25) is 0 Å². The van der Waals surface area contributed by atoms with Crippen LogP contribution in [0.3, 0.4) is 0 Å². The molecular weight excluding hydrogens is 855 g/mol. The van der Waals surface area contributed by atoms with Crippen molar-refractivity contribution in [1.29, 1.82) is 0 Å². The molecule has 0 aliphatic rings. The second kappa shape index (κ2) is 16.8. The van der Waals surface area contributed by atoms with Crippen molar-refractivity contribution in [2.24, 2.45) is 0 Å². The van der Waals surface area contributed by atoms with Crippen molar-refractivity contribution >= 4 is 88.6 Å². The summed E-state index contributed by atoms with van der Waals surface area (Å²) in [6.45, 7) is 8.67. The van der Waals surface area contributed by atoms with Crippen LogP contribution in [0.2, 0.25) is 0 Å². The van der Waals surface area contributed by atoms with Crippen LogP contribution in [-0.4, -0.2) is 0 Å². The van der Waals surface area contributed by atoms with Crippen molar-refractivity contribution in [1.82, 2.24) is 0 Å². The Hall–Kier alpha value is -1.87. The molecule has 0 atom stereocenters. The molecular formula is C40H36I2NiP2. The van der Waals surface area contributed by atoms with E-state index in [-0.39, 0.29) is 0 Å². The van der Waals surface area contributed by atoms with Crippen molar-refractivity contribution in [3.8, 4) is 11.1 Å². The van der Waals surface area contributed by atoms with Crippen LogP contribution in [0, 0.1) is 27.7 Å². The summed E-state index contributed by atoms with van der Waals surface area (Å²) in [6, 6.07) is 54.9. The summed E-state index contributed by atoms with van der Waals surface area (Å²) in [5.41, 5.74) is 7.81. The number of rotatable bonds is 7. The molecule has 6 aromatic carbocycles. The van der Waals surface area contributed by atoms with Gasteiger partial charge in [-0.15, -0.1) is 0 Å². The van der Waals surface area contributed by atoms with E-state index in [1.807, 2.05) is 0 Å². The van der Waals surface area contributed by atoms with E-state index in [1.165, 1.54) is 65.2 Å². The van der Waals surface area contributed by atoms with E-state index in [1.54, 1.807) is 8.07 Å². The summed E-state index contributed by atoms with van der Waals surface area (Å²) >= 11 is 4.43. The Bertz CT molecular complexity index is 1590. The Kier molecular flexibility index (Phi) is 12.9. The number of halogens is 2. The molecule has 0 unspecified atom stereocenters. The maximum absolute atomic E-state index is 2.36. The number of hydrogen-bond acceptors (Lipinski definition) is 0. The molecule has 6 rings (SSSR count). The predicted molar refractivity (Wildman–Crippen MR) is 216 cm³/mol. The van der Waals surface area contributed by atoms with Crippen molar-refractivity contribution in [2.75, 3.05) is 0 Å². The normalized spacial score (nSPS) is 11.0. The quantitative estimate of drug-likeness (QED) is 0.0852. The zero-order valence-corrected chi connectivity index (χ0v) is 32.9. The van der Waals surface area contributed by atoms with Gasteiger partial charge in [-0.2, -0.15) is 0 Å². The summed E-state index contributed by atoms with van der Waals surface area (Å²) in [6.07, 6.45) is 0. The van der Waals surface area contributed by atoms with E-state index in [9.17, 15) is 0 Å². The van der Waals surface area contributed by atoms with Gasteiger partial charge in [-0.05, 0) is 86.5 Å². The number of benzene rings is 6. The monoisotopic (exact) mass is 890 g/mol. The van der Waals surface area contributed by atoms with E-state index in [2.05, 4.69) is 214 Å². The summed E-state index contributed by atoms with van der Waals surface area (Å²) < 4.78 is 0. The first-order valence-electron chi connectivity index (χ1n) is 14.8. The topological polar surface area (TPSA) is 0 Å². The van der Waals surface area contributed by atoms with Crippen LogP contribution in [-0.2, 0) is 8.07 Å². The molecule has 6 aromatic rings. The average Bonchev–Trinajstić information content (AvgIpc) is 3.06. The van der Waals surface area contributed by atoms with Gasteiger partial charge in [-0.25, -0.2) is 0 Å². The molecule has 0 aliphatic heterocycles. The molecule has 0 saturated heterocycles. The molecule has 0 N–H and O–H groups in total. The molecule has 0 bridgehead atoms. The molecule has 0 amide bonds. The fourth-order valence-corrected chi connectivity index (χ4v) is 10.3. The first-order valence-corrected chi connectivity index (χ1v) is 23.8. The summed E-state index contributed by atoms with van der Waals surface area (Å²) in [5.74, 6) is 0. The van der Waals surface area contributed by atoms with Crippen LogP contribution in [0.25, 0.3) is 11.1 Å². The van der Waals surface area contributed by atoms with Crippen molar-refractivity contribution in [2.45, 2.75) is 27.7 Å². The third-order valence-electron chi connectivity index (χ3n) is 7.75. The van der Waals surface area contributed by atoms with Crippen molar-refractivity contribution in [3.05, 3.63) is 168 Å². The Labute approximate surface area is 300 Å². The first-order chi connectivity index (χ1) is 21.9. The molecule has 0 radical (unpaired) electrons. The third-order valence-corrected chi connectivity index (χ3v) is 12.8. The minimum absolute atomic E-state index is 0.757. The number of aryl methyl sites for hydroxylation is 4. The van der Waals surface area contributed by atoms with Gasteiger partial charge in [0.15, 0.2) is 0 Å². The predicted octanol–water partition coefficient (Wildman–Crippen LogP) is 9.87. The van der Waals surface area contributed by atoms with Gasteiger partial charge in [0.25, 0.3) is 0 Å². The fraction of sp³-hybridized carbons (Fsp3) is 0.100. The van der Waals surface area contributed by atoms with Crippen LogP contribution in [0.5, 0.6) is 0 Å². The third kappa shape index (κ3) is 8.74. The van der Waals surface area contributed by atoms with Gasteiger partial charge in [0, 0.05) is 0 Å². The Balaban J connectivity index is 0.00000128. The molecule has 0 nitrogen and oxygen atoms in total. The second-order valence-corrected chi connectivity index (χ2v) is 23.8. The van der Waals surface area contributed by atoms with Crippen LogP contribution in [0.4, 0.5) is 0 Å². The van der Waals surface area contributed by atoms with E-state index in [4.69, 9.17) is 0 Å². The number of hydrogen-bond donors (Lipinski definition) is 0. The summed E-state index contributed by atoms with van der Waals surface area (Å²) in [4.78, 5) is 0. The Morgan fingerprint density at radius 3 is 0.822 bits per heavy atom. The van der Waals surface area contributed by atoms with Gasteiger partial charge >= 0.3 is 49.0 Å². The van der Waals surface area contributed by atoms with Crippen LogP contribution >= 0.6 is 56.8 Å². The molecule has 5 heteroatoms. The first kappa shape index (κ1) is 34.5. The molecule has 0 spiro atoms. The van der Waals surface area contributed by atoms with E-state index >= 15 is 0 Å². The minimum atomic E-state index is -0.757. The van der Waals surface area contributed by atoms with E-state index in [0.717, 1.165) is 0 Å². The molecule has 0 heterocycles. The van der Waals surface area contributed by atoms with Gasteiger partial charge < -0.3 is 0 Å². The molecule has 0 aliphatic carbocycles. The SMILES string of the molecule is Cc1ccc(P(c2ccc(C)cc2)c2ccccc2-c2ccccc2P(c2ccc(C)cc2)c2ccc(C)cc2)cc1.[I][Ni][I]. The molecule has 0 saturated carbocycles. The molecule has 0 fully saturated rings. The average molecular weight is 891 g/mol. The van der Waals surface area contributed by atoms with E-state index in [0.29, 0.717) is 0 Å². The van der Waals surface area contributed by atoms with Gasteiger partial charge in [0.1, 0.15) is 0 Å². The fourth-order valence-electron chi connectivity index (χ4n) is 5.42. The van der Waals surface area contributed by atoms with E-state index < -0.39 is 15.8 Å². The van der Waals surface area contributed by atoms with Gasteiger partial charge in [0.2, 0.25) is 0 Å². The second-order valence-electron chi connectivity index (χ2n) is 11.1. The van der Waals surface area contributed by atoms with Crippen molar-refractivity contribution < 1.29 is 8.07 Å². The standard InChI is InChI=1S/C40H36P2.2HI.Ni/c1-29-13-21-33(22-14-29)41(34-23-15-30(2)16-24-34)39-11-7-5-9-37(39)38-10-6-8-12-40(38)42(35-25-17-31(3)18-26-35)36-27-19-32(4)20-28-36;;;/h5-28H,1-4H3;2*1H;/q;;;+2/p-2. The summed E-state index contributed by atoms with van der Waals surface area (Å²) in [5, 5.41) is 8.31. The van der Waals surface area contributed by atoms with Crippen molar-refractivity contribution in [3.63, 3.8) is 0 Å². The molecule has 45 heavy (non-hydrogen) atoms. The maximum atomic E-state index is 2.36. The van der Waals surface area contributed by atoms with Gasteiger partial charge in [-0.1, -0.05) is 168 Å². The van der Waals surface area contributed by atoms with Gasteiger partial charge in [0.05, 0.1) is 0 Å². The summed E-state index contributed by atoms with van der Waals surface area (Å²) in [7, 11) is 0.0514. The zero-order chi connectivity index (χ0) is 31.8.